The van der Waals surface area contributed by atoms with Gasteiger partial charge in [0.2, 0.25) is 0 Å². The molecule has 16 heavy (non-hydrogen) atoms. The van der Waals surface area contributed by atoms with Crippen molar-refractivity contribution in [2.45, 2.75) is 31.6 Å². The van der Waals surface area contributed by atoms with Crippen LogP contribution in [0, 0.1) is 0 Å². The van der Waals surface area contributed by atoms with Crippen LogP contribution in [0.4, 0.5) is 0 Å². The Morgan fingerprint density at radius 2 is 2.06 bits per heavy atom. The first-order valence-electron chi connectivity index (χ1n) is 5.58. The summed E-state index contributed by atoms with van der Waals surface area (Å²) in [4.78, 5) is 0. The Kier molecular flexibility index (Phi) is 3.39. The molecule has 0 saturated heterocycles. The Hall–Kier alpha value is -1.15. The van der Waals surface area contributed by atoms with Crippen molar-refractivity contribution in [1.82, 2.24) is 10.2 Å². The van der Waals surface area contributed by atoms with Crippen molar-refractivity contribution in [1.29, 1.82) is 0 Å². The maximum absolute atomic E-state index is 6.30. The molecule has 0 aliphatic rings. The van der Waals surface area contributed by atoms with Crippen molar-refractivity contribution in [3.8, 4) is 0 Å². The molecule has 2 atom stereocenters. The third-order valence-corrected chi connectivity index (χ3v) is 3.69. The zero-order valence-electron chi connectivity index (χ0n) is 9.52. The normalized spacial score (nSPS) is 14.9. The summed E-state index contributed by atoms with van der Waals surface area (Å²) in [5.41, 5.74) is 2.12. The van der Waals surface area contributed by atoms with Gasteiger partial charge in [0, 0.05) is 10.8 Å². The van der Waals surface area contributed by atoms with Gasteiger partial charge < -0.3 is 0 Å². The van der Waals surface area contributed by atoms with Crippen LogP contribution in [0.3, 0.4) is 0 Å². The number of fused-ring (bicyclic) bond motifs is 1. The van der Waals surface area contributed by atoms with E-state index in [1.54, 1.807) is 0 Å². The molecule has 0 bridgehead atoms. The summed E-state index contributed by atoms with van der Waals surface area (Å²) in [5, 5.41) is 9.46. The van der Waals surface area contributed by atoms with Gasteiger partial charge in [0.25, 0.3) is 0 Å². The summed E-state index contributed by atoms with van der Waals surface area (Å²) in [6.07, 6.45) is 2.79. The largest absolute Gasteiger partial charge is 0.158 e. The number of benzene rings is 1. The van der Waals surface area contributed by atoms with Gasteiger partial charge in [-0.3, -0.25) is 0 Å². The van der Waals surface area contributed by atoms with E-state index in [1.807, 2.05) is 24.4 Å². The number of alkyl halides is 1. The van der Waals surface area contributed by atoms with E-state index < -0.39 is 0 Å². The predicted molar refractivity (Wildman–Crippen MR) is 67.9 cm³/mol. The van der Waals surface area contributed by atoms with Gasteiger partial charge in [-0.25, -0.2) is 0 Å². The third-order valence-electron chi connectivity index (χ3n) is 3.00. The lowest BCUT2D eigenvalue weighted by Gasteiger charge is -2.17. The van der Waals surface area contributed by atoms with E-state index in [-0.39, 0.29) is 5.38 Å². The van der Waals surface area contributed by atoms with E-state index >= 15 is 0 Å². The molecule has 0 aliphatic heterocycles. The van der Waals surface area contributed by atoms with E-state index in [9.17, 15) is 0 Å². The fraction of sp³-hybridized carbons (Fsp3) is 0.385. The molecule has 1 aromatic carbocycles. The first-order chi connectivity index (χ1) is 7.74. The SMILES string of the molecule is CCC(Cl)C(C)c1cnnc2ccccc12. The van der Waals surface area contributed by atoms with E-state index in [1.165, 1.54) is 5.56 Å². The molecular weight excluding hydrogens is 220 g/mol. The first-order valence-corrected chi connectivity index (χ1v) is 6.02. The van der Waals surface area contributed by atoms with Gasteiger partial charge >= 0.3 is 0 Å². The maximum Gasteiger partial charge on any atom is 0.0932 e. The highest BCUT2D eigenvalue weighted by Gasteiger charge is 2.17. The second kappa shape index (κ2) is 4.79. The van der Waals surface area contributed by atoms with Crippen LogP contribution in [0.1, 0.15) is 31.7 Å². The van der Waals surface area contributed by atoms with E-state index in [4.69, 9.17) is 11.6 Å². The van der Waals surface area contributed by atoms with Crippen LogP contribution in [0.15, 0.2) is 30.5 Å². The third kappa shape index (κ3) is 2.03. The highest BCUT2D eigenvalue weighted by atomic mass is 35.5. The lowest BCUT2D eigenvalue weighted by molar-refractivity contribution is 0.675. The minimum absolute atomic E-state index is 0.146. The number of aromatic nitrogens is 2. The smallest absolute Gasteiger partial charge is 0.0932 e. The van der Waals surface area contributed by atoms with Crippen LogP contribution in [0.25, 0.3) is 10.9 Å². The maximum atomic E-state index is 6.30. The summed E-state index contributed by atoms with van der Waals surface area (Å²) in [5.74, 6) is 0.298. The Bertz CT molecular complexity index is 479. The van der Waals surface area contributed by atoms with Crippen LogP contribution in [-0.4, -0.2) is 15.6 Å². The van der Waals surface area contributed by atoms with Crippen molar-refractivity contribution in [2.24, 2.45) is 0 Å². The molecule has 3 heteroatoms. The molecule has 2 aromatic rings. The average Bonchev–Trinajstić information content (AvgIpc) is 2.36. The minimum Gasteiger partial charge on any atom is -0.158 e. The van der Waals surface area contributed by atoms with Crippen molar-refractivity contribution in [2.75, 3.05) is 0 Å². The average molecular weight is 235 g/mol. The topological polar surface area (TPSA) is 25.8 Å². The fourth-order valence-corrected chi connectivity index (χ4v) is 2.07. The molecule has 0 N–H and O–H groups in total. The van der Waals surface area contributed by atoms with Gasteiger partial charge in [-0.15, -0.1) is 11.6 Å². The number of nitrogens with zero attached hydrogens (tertiary/aromatic N) is 2. The van der Waals surface area contributed by atoms with Gasteiger partial charge in [0.15, 0.2) is 0 Å². The molecule has 2 unspecified atom stereocenters. The second-order valence-corrected chi connectivity index (χ2v) is 4.59. The van der Waals surface area contributed by atoms with Crippen LogP contribution < -0.4 is 0 Å². The molecule has 0 spiro atoms. The molecule has 1 aromatic heterocycles. The molecule has 0 saturated carbocycles. The van der Waals surface area contributed by atoms with Crippen molar-refractivity contribution >= 4 is 22.5 Å². The molecule has 2 nitrogen and oxygen atoms in total. The van der Waals surface area contributed by atoms with Crippen molar-refractivity contribution in [3.05, 3.63) is 36.0 Å². The molecule has 0 amide bonds. The number of hydrogen-bond acceptors (Lipinski definition) is 2. The number of hydrogen-bond donors (Lipinski definition) is 0. The zero-order valence-corrected chi connectivity index (χ0v) is 10.3. The molecule has 0 fully saturated rings. The Balaban J connectivity index is 2.52. The summed E-state index contributed by atoms with van der Waals surface area (Å²) < 4.78 is 0. The summed E-state index contributed by atoms with van der Waals surface area (Å²) >= 11 is 6.30. The van der Waals surface area contributed by atoms with Crippen LogP contribution >= 0.6 is 11.6 Å². The fourth-order valence-electron chi connectivity index (χ4n) is 1.94. The lowest BCUT2D eigenvalue weighted by atomic mass is 9.94. The van der Waals surface area contributed by atoms with Crippen LogP contribution in [0.5, 0.6) is 0 Å². The summed E-state index contributed by atoms with van der Waals surface area (Å²) in [6.45, 7) is 4.25. The molecular formula is C13H15ClN2. The van der Waals surface area contributed by atoms with Crippen LogP contribution in [-0.2, 0) is 0 Å². The van der Waals surface area contributed by atoms with Crippen molar-refractivity contribution < 1.29 is 0 Å². The minimum atomic E-state index is 0.146. The standard InChI is InChI=1S/C13H15ClN2/c1-3-12(14)9(2)11-8-15-16-13-7-5-4-6-10(11)13/h4-9,12H,3H2,1-2H3. The first kappa shape index (κ1) is 11.3. The van der Waals surface area contributed by atoms with Gasteiger partial charge in [0.05, 0.1) is 11.7 Å². The predicted octanol–water partition coefficient (Wildman–Crippen LogP) is 3.75. The summed E-state index contributed by atoms with van der Waals surface area (Å²) in [6, 6.07) is 8.06. The molecule has 84 valence electrons. The number of halogens is 1. The van der Waals surface area contributed by atoms with Gasteiger partial charge in [0.1, 0.15) is 0 Å². The quantitative estimate of drug-likeness (QED) is 0.756. The van der Waals surface area contributed by atoms with Gasteiger partial charge in [-0.1, -0.05) is 32.0 Å². The van der Waals surface area contributed by atoms with Gasteiger partial charge in [-0.2, -0.15) is 10.2 Å². The molecule has 0 aliphatic carbocycles. The zero-order chi connectivity index (χ0) is 11.5. The molecule has 1 heterocycles. The van der Waals surface area contributed by atoms with Crippen LogP contribution in [0.2, 0.25) is 0 Å². The Morgan fingerprint density at radius 1 is 1.31 bits per heavy atom. The second-order valence-electron chi connectivity index (χ2n) is 4.03. The van der Waals surface area contributed by atoms with Gasteiger partial charge in [-0.05, 0) is 24.0 Å². The highest BCUT2D eigenvalue weighted by molar-refractivity contribution is 6.21. The monoisotopic (exact) mass is 234 g/mol. The Labute approximate surface area is 101 Å². The van der Waals surface area contributed by atoms with E-state index in [0.29, 0.717) is 5.92 Å². The van der Waals surface area contributed by atoms with Crippen molar-refractivity contribution in [3.63, 3.8) is 0 Å². The number of rotatable bonds is 3. The summed E-state index contributed by atoms with van der Waals surface area (Å²) in [7, 11) is 0. The lowest BCUT2D eigenvalue weighted by Crippen LogP contribution is -2.09. The Morgan fingerprint density at radius 3 is 2.81 bits per heavy atom. The van der Waals surface area contributed by atoms with E-state index in [2.05, 4.69) is 30.1 Å². The van der Waals surface area contributed by atoms with E-state index in [0.717, 1.165) is 17.3 Å². The molecule has 2 rings (SSSR count). The highest BCUT2D eigenvalue weighted by Crippen LogP contribution is 2.29. The molecule has 0 radical (unpaired) electrons.